The first-order chi connectivity index (χ1) is 14.7. The maximum Gasteiger partial charge on any atom is 0.290 e. The number of rotatable bonds is 6. The lowest BCUT2D eigenvalue weighted by molar-refractivity contribution is -0.286. The molecule has 0 saturated heterocycles. The monoisotopic (exact) mass is 478 g/mol. The lowest BCUT2D eigenvalue weighted by atomic mass is 10.1. The highest BCUT2D eigenvalue weighted by atomic mass is 35.5. The van der Waals surface area contributed by atoms with E-state index in [2.05, 4.69) is 4.94 Å². The van der Waals surface area contributed by atoms with Crippen LogP contribution < -0.4 is 4.89 Å². The molecule has 4 rings (SSSR count). The summed E-state index contributed by atoms with van der Waals surface area (Å²) in [5, 5.41) is 12.5. The Hall–Kier alpha value is -2.57. The van der Waals surface area contributed by atoms with Crippen molar-refractivity contribution < 1.29 is 27.0 Å². The maximum absolute atomic E-state index is 12.7. The van der Waals surface area contributed by atoms with E-state index >= 15 is 0 Å². The number of benzene rings is 4. The molecule has 4 aromatic carbocycles. The van der Waals surface area contributed by atoms with Gasteiger partial charge in [0.1, 0.15) is 0 Å². The summed E-state index contributed by atoms with van der Waals surface area (Å²) in [6.45, 7) is 0. The smallest absolute Gasteiger partial charge is 0.274 e. The van der Waals surface area contributed by atoms with Gasteiger partial charge in [0, 0.05) is 15.8 Å². The van der Waals surface area contributed by atoms with E-state index in [0.717, 1.165) is 5.39 Å². The van der Waals surface area contributed by atoms with Crippen LogP contribution in [0.3, 0.4) is 0 Å². The highest BCUT2D eigenvalue weighted by molar-refractivity contribution is 7.90. The van der Waals surface area contributed by atoms with Crippen LogP contribution >= 0.6 is 11.6 Å². The molecule has 0 aliphatic carbocycles. The Kier molecular flexibility index (Phi) is 5.71. The number of nitrogens with one attached hydrogen (secondary N) is 1. The number of hydrogen-bond donors (Lipinski definition) is 2. The van der Waals surface area contributed by atoms with Crippen molar-refractivity contribution in [3.05, 3.63) is 83.9 Å². The van der Waals surface area contributed by atoms with Gasteiger partial charge in [0.25, 0.3) is 20.0 Å². The Morgan fingerprint density at radius 3 is 2.19 bits per heavy atom. The molecule has 0 spiro atoms. The summed E-state index contributed by atoms with van der Waals surface area (Å²) in [7, 11) is -8.94. The summed E-state index contributed by atoms with van der Waals surface area (Å²) in [6.07, 6.45) is 0. The van der Waals surface area contributed by atoms with Crippen molar-refractivity contribution in [2.45, 2.75) is 9.79 Å². The number of sulfonamides is 2. The Labute approximate surface area is 183 Å². The molecule has 0 radical (unpaired) electrons. The van der Waals surface area contributed by atoms with Gasteiger partial charge < -0.3 is 0 Å². The van der Waals surface area contributed by atoms with Crippen LogP contribution in [0.4, 0.5) is 0 Å². The van der Waals surface area contributed by atoms with Crippen LogP contribution in [0.25, 0.3) is 21.5 Å². The molecule has 0 atom stereocenters. The summed E-state index contributed by atoms with van der Waals surface area (Å²) in [5.41, 5.74) is 0. The number of halogens is 1. The van der Waals surface area contributed by atoms with Crippen molar-refractivity contribution in [2.24, 2.45) is 0 Å². The quantitative estimate of drug-likeness (QED) is 0.407. The van der Waals surface area contributed by atoms with E-state index in [0.29, 0.717) is 21.2 Å². The number of hydrogen-bond acceptors (Lipinski definition) is 6. The minimum absolute atomic E-state index is 0.205. The molecule has 0 unspecified atom stereocenters. The maximum atomic E-state index is 12.7. The van der Waals surface area contributed by atoms with Gasteiger partial charge in [0.15, 0.2) is 0 Å². The van der Waals surface area contributed by atoms with Gasteiger partial charge in [0.2, 0.25) is 0 Å². The first kappa shape index (κ1) is 21.7. The summed E-state index contributed by atoms with van der Waals surface area (Å²) in [5.74, 6) is 0. The third kappa shape index (κ3) is 4.14. The van der Waals surface area contributed by atoms with Crippen molar-refractivity contribution in [2.75, 3.05) is 0 Å². The Balaban J connectivity index is 1.60. The second-order valence-corrected chi connectivity index (χ2v) is 10.2. The third-order valence-electron chi connectivity index (χ3n) is 4.57. The SMILES string of the molecule is O=S(=O)(NON(O)S(=O)(=O)c1ccc2ccccc2c1)c1ccc(Cl)c2ccccc12. The molecule has 0 amide bonds. The first-order valence-electron chi connectivity index (χ1n) is 8.79. The van der Waals surface area contributed by atoms with Crippen molar-refractivity contribution >= 4 is 53.2 Å². The molecule has 0 saturated carbocycles. The highest BCUT2D eigenvalue weighted by Crippen LogP contribution is 2.29. The molecule has 0 aliphatic rings. The van der Waals surface area contributed by atoms with Crippen LogP contribution in [-0.4, -0.2) is 26.7 Å². The van der Waals surface area contributed by atoms with Crippen LogP contribution in [0.5, 0.6) is 0 Å². The predicted molar refractivity (Wildman–Crippen MR) is 115 cm³/mol. The molecule has 8 nitrogen and oxygen atoms in total. The van der Waals surface area contributed by atoms with E-state index in [4.69, 9.17) is 11.6 Å². The molecular formula is C20H15ClN2O6S2. The van der Waals surface area contributed by atoms with Crippen molar-refractivity contribution in [3.8, 4) is 0 Å². The molecule has 31 heavy (non-hydrogen) atoms. The van der Waals surface area contributed by atoms with Crippen LogP contribution in [0.2, 0.25) is 5.02 Å². The fourth-order valence-electron chi connectivity index (χ4n) is 3.06. The zero-order chi connectivity index (χ0) is 22.2. The van der Waals surface area contributed by atoms with Crippen molar-refractivity contribution in [1.82, 2.24) is 9.52 Å². The van der Waals surface area contributed by atoms with E-state index in [1.54, 1.807) is 53.4 Å². The minimum Gasteiger partial charge on any atom is -0.274 e. The van der Waals surface area contributed by atoms with E-state index in [9.17, 15) is 22.0 Å². The van der Waals surface area contributed by atoms with E-state index < -0.39 is 24.7 Å². The van der Waals surface area contributed by atoms with Gasteiger partial charge in [0.05, 0.1) is 14.4 Å². The molecule has 4 aromatic rings. The molecule has 0 aliphatic heterocycles. The van der Waals surface area contributed by atoms with E-state index in [1.807, 2.05) is 0 Å². The molecule has 11 heteroatoms. The van der Waals surface area contributed by atoms with Crippen LogP contribution in [-0.2, 0) is 25.0 Å². The van der Waals surface area contributed by atoms with Gasteiger partial charge in [-0.2, -0.15) is 4.94 Å². The summed E-state index contributed by atoms with van der Waals surface area (Å²) in [4.78, 5) is 5.64. The van der Waals surface area contributed by atoms with Gasteiger partial charge in [-0.05, 0) is 35.0 Å². The van der Waals surface area contributed by atoms with E-state index in [-0.39, 0.29) is 9.79 Å². The lowest BCUT2D eigenvalue weighted by Crippen LogP contribution is -2.37. The Morgan fingerprint density at radius 1 is 0.806 bits per heavy atom. The van der Waals surface area contributed by atoms with Crippen molar-refractivity contribution in [3.63, 3.8) is 0 Å². The summed E-state index contributed by atoms with van der Waals surface area (Å²) >= 11 is 6.10. The third-order valence-corrected chi connectivity index (χ3v) is 7.46. The first-order valence-corrected chi connectivity index (χ1v) is 12.1. The number of fused-ring (bicyclic) bond motifs is 2. The molecule has 2 N–H and O–H groups in total. The molecular weight excluding hydrogens is 464 g/mol. The second-order valence-electron chi connectivity index (χ2n) is 6.49. The zero-order valence-electron chi connectivity index (χ0n) is 15.6. The largest absolute Gasteiger partial charge is 0.290 e. The molecule has 160 valence electrons. The fraction of sp³-hybridized carbons (Fsp3) is 0. The standard InChI is InChI=1S/C20H15ClN2O6S2/c21-19-11-12-20(18-8-4-3-7-17(18)19)30(25,26)22-29-23(24)31(27,28)16-10-9-14-5-1-2-6-15(14)13-16/h1-13,22,24H. The highest BCUT2D eigenvalue weighted by Gasteiger charge is 2.28. The number of nitrogens with zero attached hydrogens (tertiary/aromatic N) is 1. The zero-order valence-corrected chi connectivity index (χ0v) is 18.0. The Bertz CT molecular complexity index is 1510. The predicted octanol–water partition coefficient (Wildman–Crippen LogP) is 3.85. The average molecular weight is 479 g/mol. The van der Waals surface area contributed by atoms with Crippen LogP contribution in [0.1, 0.15) is 0 Å². The van der Waals surface area contributed by atoms with Gasteiger partial charge in [-0.3, -0.25) is 5.21 Å². The van der Waals surface area contributed by atoms with Gasteiger partial charge in [-0.1, -0.05) is 71.1 Å². The second kappa shape index (κ2) is 8.17. The summed E-state index contributed by atoms with van der Waals surface area (Å²) < 4.78 is 50.0. The molecule has 0 bridgehead atoms. The fourth-order valence-corrected chi connectivity index (χ4v) is 5.14. The topological polar surface area (TPSA) is 113 Å². The summed E-state index contributed by atoms with van der Waals surface area (Å²) in [6, 6.07) is 20.3. The lowest BCUT2D eigenvalue weighted by Gasteiger charge is -2.16. The molecule has 0 heterocycles. The Morgan fingerprint density at radius 2 is 1.45 bits per heavy atom. The van der Waals surface area contributed by atoms with Gasteiger partial charge >= 0.3 is 0 Å². The van der Waals surface area contributed by atoms with Gasteiger partial charge in [-0.25, -0.2) is 16.8 Å². The molecule has 0 fully saturated rings. The normalized spacial score (nSPS) is 12.6. The van der Waals surface area contributed by atoms with E-state index in [1.165, 1.54) is 30.3 Å². The minimum atomic E-state index is -4.57. The van der Waals surface area contributed by atoms with Crippen LogP contribution in [0, 0.1) is 0 Å². The van der Waals surface area contributed by atoms with Crippen molar-refractivity contribution in [1.29, 1.82) is 0 Å². The van der Waals surface area contributed by atoms with Gasteiger partial charge in [-0.15, -0.1) is 0 Å². The van der Waals surface area contributed by atoms with Crippen LogP contribution in [0.15, 0.2) is 88.7 Å². The molecule has 0 aromatic heterocycles. The average Bonchev–Trinajstić information content (AvgIpc) is 2.77.